The Morgan fingerprint density at radius 3 is 2.63 bits per heavy atom. The van der Waals surface area contributed by atoms with Gasteiger partial charge in [0.05, 0.1) is 21.9 Å². The van der Waals surface area contributed by atoms with Gasteiger partial charge in [0.15, 0.2) is 0 Å². The quantitative estimate of drug-likeness (QED) is 0.325. The topological polar surface area (TPSA) is 80.7 Å². The average molecular weight is 402 g/mol. The molecule has 2 heterocycles. The number of hydrazone groups is 1. The van der Waals surface area contributed by atoms with Gasteiger partial charge in [0.1, 0.15) is 0 Å². The third-order valence-electron chi connectivity index (χ3n) is 5.22. The Morgan fingerprint density at radius 1 is 1.17 bits per heavy atom. The number of benzene rings is 2. The highest BCUT2D eigenvalue weighted by molar-refractivity contribution is 6.32. The zero-order valence-corrected chi connectivity index (χ0v) is 16.9. The predicted molar refractivity (Wildman–Crippen MR) is 119 cm³/mol. The first-order valence-electron chi connectivity index (χ1n) is 9.93. The van der Waals surface area contributed by atoms with Crippen molar-refractivity contribution in [2.75, 3.05) is 5.01 Å². The van der Waals surface area contributed by atoms with E-state index in [1.54, 1.807) is 25.1 Å². The van der Waals surface area contributed by atoms with Crippen LogP contribution < -0.4 is 5.01 Å². The van der Waals surface area contributed by atoms with E-state index < -0.39 is 4.92 Å². The predicted octanol–water partition coefficient (Wildman–Crippen LogP) is 5.16. The molecule has 0 bridgehead atoms. The molecule has 0 radical (unpaired) electrons. The van der Waals surface area contributed by atoms with Crippen LogP contribution in [0.15, 0.2) is 65.4 Å². The van der Waals surface area contributed by atoms with Gasteiger partial charge in [0.2, 0.25) is 0 Å². The van der Waals surface area contributed by atoms with E-state index in [0.29, 0.717) is 17.0 Å². The van der Waals surface area contributed by atoms with E-state index in [1.165, 1.54) is 11.1 Å². The number of aryl methyl sites for hydroxylation is 1. The lowest BCUT2D eigenvalue weighted by molar-refractivity contribution is -0.384. The maximum Gasteiger partial charge on any atom is 0.280 e. The number of hydrogen-bond acceptors (Lipinski definition) is 4. The van der Waals surface area contributed by atoms with E-state index >= 15 is 0 Å². The summed E-state index contributed by atoms with van der Waals surface area (Å²) in [5.74, 6) is -0.210. The van der Waals surface area contributed by atoms with Crippen molar-refractivity contribution < 1.29 is 9.72 Å². The molecule has 1 aliphatic rings. The number of carbonyl (C=O) groups excluding carboxylic acids is 1. The third-order valence-corrected chi connectivity index (χ3v) is 5.22. The van der Waals surface area contributed by atoms with Crippen LogP contribution in [0.5, 0.6) is 0 Å². The Morgan fingerprint density at radius 2 is 1.93 bits per heavy atom. The Bertz CT molecular complexity index is 1190. The highest BCUT2D eigenvalue weighted by Crippen LogP contribution is 2.30. The average Bonchev–Trinajstić information content (AvgIpc) is 3.24. The fourth-order valence-electron chi connectivity index (χ4n) is 3.64. The number of nitrogens with zero attached hydrogens (tertiary/aromatic N) is 4. The second kappa shape index (κ2) is 7.94. The first-order chi connectivity index (χ1) is 14.5. The largest absolute Gasteiger partial charge is 0.347 e. The maximum atomic E-state index is 13.0. The van der Waals surface area contributed by atoms with E-state index in [1.807, 2.05) is 36.5 Å². The molecule has 0 aliphatic carbocycles. The molecule has 0 fully saturated rings. The molecule has 7 heteroatoms. The maximum absolute atomic E-state index is 13.0. The van der Waals surface area contributed by atoms with Gasteiger partial charge in [-0.05, 0) is 37.6 Å². The second-order valence-corrected chi connectivity index (χ2v) is 7.29. The van der Waals surface area contributed by atoms with Gasteiger partial charge in [-0.15, -0.1) is 0 Å². The number of non-ortho nitro benzene ring substituents is 1. The van der Waals surface area contributed by atoms with Crippen molar-refractivity contribution in [3.63, 3.8) is 0 Å². The first kappa shape index (κ1) is 19.6. The number of hydrogen-bond donors (Lipinski definition) is 0. The van der Waals surface area contributed by atoms with Gasteiger partial charge in [-0.25, -0.2) is 0 Å². The van der Waals surface area contributed by atoms with Crippen molar-refractivity contribution in [3.05, 3.63) is 76.0 Å². The van der Waals surface area contributed by atoms with Crippen molar-refractivity contribution in [2.45, 2.75) is 33.2 Å². The minimum atomic E-state index is -0.398. The fourth-order valence-corrected chi connectivity index (χ4v) is 3.64. The number of rotatable bonds is 6. The first-order valence-corrected chi connectivity index (χ1v) is 9.93. The summed E-state index contributed by atoms with van der Waals surface area (Å²) in [7, 11) is 0. The molecule has 1 amide bonds. The van der Waals surface area contributed by atoms with E-state index in [2.05, 4.69) is 16.6 Å². The Labute approximate surface area is 174 Å². The Kier molecular flexibility index (Phi) is 5.18. The normalized spacial score (nSPS) is 15.3. The zero-order chi connectivity index (χ0) is 21.3. The molecular weight excluding hydrogens is 380 g/mol. The summed E-state index contributed by atoms with van der Waals surface area (Å²) in [4.78, 5) is 23.9. The van der Waals surface area contributed by atoms with Crippen molar-refractivity contribution in [1.29, 1.82) is 0 Å². The second-order valence-electron chi connectivity index (χ2n) is 7.29. The van der Waals surface area contributed by atoms with Gasteiger partial charge in [0, 0.05) is 41.3 Å². The number of aromatic nitrogens is 1. The Hall–Kier alpha value is -3.74. The van der Waals surface area contributed by atoms with Crippen LogP contribution in [0.1, 0.15) is 32.3 Å². The molecule has 0 saturated heterocycles. The number of para-hydroxylation sites is 1. The van der Waals surface area contributed by atoms with Crippen LogP contribution in [-0.4, -0.2) is 21.1 Å². The minimum absolute atomic E-state index is 0.0319. The molecule has 2 aromatic carbocycles. The van der Waals surface area contributed by atoms with Crippen molar-refractivity contribution in [2.24, 2.45) is 5.10 Å². The molecule has 0 unspecified atom stereocenters. The zero-order valence-electron chi connectivity index (χ0n) is 16.9. The number of unbranched alkanes of at least 4 members (excludes halogenated alkanes) is 1. The van der Waals surface area contributed by atoms with Crippen LogP contribution in [0, 0.1) is 10.1 Å². The van der Waals surface area contributed by atoms with Crippen LogP contribution in [0.4, 0.5) is 11.4 Å². The van der Waals surface area contributed by atoms with Crippen LogP contribution in [0.25, 0.3) is 17.0 Å². The molecule has 7 nitrogen and oxygen atoms in total. The molecule has 3 aromatic rings. The lowest BCUT2D eigenvalue weighted by Gasteiger charge is -2.10. The lowest BCUT2D eigenvalue weighted by Crippen LogP contribution is -2.21. The standard InChI is InChI=1S/C23H22N4O3/c1-3-4-12-25-15-17(21-14-19(27(29)30)10-11-22(21)25)13-20-16(2)24-26(23(20)28)18-8-6-5-7-9-18/h5-11,13-15H,3-4,12H2,1-2H3/b20-13-. The third kappa shape index (κ3) is 3.50. The summed E-state index contributed by atoms with van der Waals surface area (Å²) in [5.41, 5.74) is 3.53. The molecule has 152 valence electrons. The molecule has 1 aliphatic heterocycles. The van der Waals surface area contributed by atoms with Crippen molar-refractivity contribution in [3.8, 4) is 0 Å². The number of anilines is 1. The van der Waals surface area contributed by atoms with Gasteiger partial charge >= 0.3 is 0 Å². The van der Waals surface area contributed by atoms with E-state index in [0.717, 1.165) is 35.9 Å². The summed E-state index contributed by atoms with van der Waals surface area (Å²) >= 11 is 0. The molecule has 30 heavy (non-hydrogen) atoms. The van der Waals surface area contributed by atoms with Crippen molar-refractivity contribution in [1.82, 2.24) is 4.57 Å². The molecule has 0 spiro atoms. The lowest BCUT2D eigenvalue weighted by atomic mass is 10.1. The number of nitro groups is 1. The van der Waals surface area contributed by atoms with Crippen LogP contribution in [0.2, 0.25) is 0 Å². The number of fused-ring (bicyclic) bond motifs is 1. The molecule has 0 atom stereocenters. The number of carbonyl (C=O) groups is 1. The summed E-state index contributed by atoms with van der Waals surface area (Å²) in [5, 5.41) is 17.8. The smallest absolute Gasteiger partial charge is 0.280 e. The minimum Gasteiger partial charge on any atom is -0.347 e. The van der Waals surface area contributed by atoms with Crippen LogP contribution in [-0.2, 0) is 11.3 Å². The van der Waals surface area contributed by atoms with E-state index in [9.17, 15) is 14.9 Å². The van der Waals surface area contributed by atoms with Crippen LogP contribution in [0.3, 0.4) is 0 Å². The SMILES string of the molecule is CCCCn1cc(/C=C2\C(=O)N(c3ccccc3)N=C2C)c2cc([N+](=O)[O-])ccc21. The van der Waals surface area contributed by atoms with Gasteiger partial charge in [-0.1, -0.05) is 31.5 Å². The highest BCUT2D eigenvalue weighted by Gasteiger charge is 2.29. The van der Waals surface area contributed by atoms with Crippen LogP contribution >= 0.6 is 0 Å². The summed E-state index contributed by atoms with van der Waals surface area (Å²) in [6, 6.07) is 14.1. The number of nitro benzene ring substituents is 1. The van der Waals surface area contributed by atoms with Gasteiger partial charge < -0.3 is 4.57 Å². The number of amides is 1. The molecular formula is C23H22N4O3. The molecule has 4 rings (SSSR count). The van der Waals surface area contributed by atoms with Crippen molar-refractivity contribution >= 4 is 40.0 Å². The van der Waals surface area contributed by atoms with E-state index in [4.69, 9.17) is 0 Å². The van der Waals surface area contributed by atoms with Gasteiger partial charge in [-0.2, -0.15) is 10.1 Å². The monoisotopic (exact) mass is 402 g/mol. The molecule has 1 aromatic heterocycles. The fraction of sp³-hybridized carbons (Fsp3) is 0.217. The molecule has 0 N–H and O–H groups in total. The molecule has 0 saturated carbocycles. The highest BCUT2D eigenvalue weighted by atomic mass is 16.6. The summed E-state index contributed by atoms with van der Waals surface area (Å²) < 4.78 is 2.09. The Balaban J connectivity index is 1.79. The summed E-state index contributed by atoms with van der Waals surface area (Å²) in [6.07, 6.45) is 5.79. The summed E-state index contributed by atoms with van der Waals surface area (Å²) in [6.45, 7) is 4.73. The van der Waals surface area contributed by atoms with E-state index in [-0.39, 0.29) is 11.6 Å². The van der Waals surface area contributed by atoms with Gasteiger partial charge in [-0.3, -0.25) is 14.9 Å². The van der Waals surface area contributed by atoms with Gasteiger partial charge in [0.25, 0.3) is 11.6 Å².